The Labute approximate surface area is 76.8 Å². The molecule has 0 aliphatic carbocycles. The van der Waals surface area contributed by atoms with Gasteiger partial charge in [0.1, 0.15) is 6.17 Å². The Hall–Kier alpha value is -0.870. The maximum Gasteiger partial charge on any atom is 0.109 e. The molecule has 0 spiro atoms. The first kappa shape index (κ1) is 7.76. The van der Waals surface area contributed by atoms with E-state index in [0.717, 1.165) is 16.3 Å². The summed E-state index contributed by atoms with van der Waals surface area (Å²) in [6.45, 7) is 0.580. The van der Waals surface area contributed by atoms with E-state index in [1.54, 1.807) is 0 Å². The van der Waals surface area contributed by atoms with Crippen LogP contribution in [0.3, 0.4) is 0 Å². The van der Waals surface area contributed by atoms with Gasteiger partial charge in [0, 0.05) is 11.4 Å². The Kier molecular flexibility index (Phi) is 1.86. The second kappa shape index (κ2) is 2.88. The lowest BCUT2D eigenvalue weighted by Crippen LogP contribution is -2.31. The Morgan fingerprint density at radius 2 is 2.08 bits per heavy atom. The molecule has 1 heterocycles. The van der Waals surface area contributed by atoms with Crippen molar-refractivity contribution >= 4 is 24.0 Å². The third kappa shape index (κ3) is 1.23. The standard InChI is InChI=1S/C8H11N3S/c9-4-8-10-6-2-1-5(12)3-7(6)11-8/h1-3,8,10-12H,4,9H2. The summed E-state index contributed by atoms with van der Waals surface area (Å²) in [5.74, 6) is 0. The second-order valence-electron chi connectivity index (χ2n) is 2.81. The van der Waals surface area contributed by atoms with Crippen LogP contribution in [0.4, 0.5) is 11.4 Å². The van der Waals surface area contributed by atoms with Crippen molar-refractivity contribution in [1.82, 2.24) is 0 Å². The Balaban J connectivity index is 2.30. The van der Waals surface area contributed by atoms with Crippen molar-refractivity contribution in [1.29, 1.82) is 0 Å². The molecule has 1 aliphatic rings. The van der Waals surface area contributed by atoms with Gasteiger partial charge in [0.15, 0.2) is 0 Å². The summed E-state index contributed by atoms with van der Waals surface area (Å²) in [4.78, 5) is 0.959. The Morgan fingerprint density at radius 3 is 2.83 bits per heavy atom. The zero-order valence-electron chi connectivity index (χ0n) is 6.54. The zero-order chi connectivity index (χ0) is 8.55. The van der Waals surface area contributed by atoms with Crippen LogP contribution < -0.4 is 16.4 Å². The summed E-state index contributed by atoms with van der Waals surface area (Å²) >= 11 is 4.24. The highest BCUT2D eigenvalue weighted by Gasteiger charge is 2.16. The summed E-state index contributed by atoms with van der Waals surface area (Å²) in [5, 5.41) is 6.48. The third-order valence-corrected chi connectivity index (χ3v) is 2.18. The lowest BCUT2D eigenvalue weighted by molar-refractivity contribution is 0.844. The Bertz CT molecular complexity index is 300. The van der Waals surface area contributed by atoms with Crippen LogP contribution in [-0.2, 0) is 0 Å². The number of nitrogens with one attached hydrogen (secondary N) is 2. The van der Waals surface area contributed by atoms with E-state index in [0.29, 0.717) is 6.54 Å². The van der Waals surface area contributed by atoms with Crippen molar-refractivity contribution in [2.45, 2.75) is 11.1 Å². The van der Waals surface area contributed by atoms with Gasteiger partial charge < -0.3 is 16.4 Å². The van der Waals surface area contributed by atoms with E-state index in [4.69, 9.17) is 5.73 Å². The number of hydrogen-bond donors (Lipinski definition) is 4. The van der Waals surface area contributed by atoms with Crippen LogP contribution in [0.15, 0.2) is 23.1 Å². The minimum atomic E-state index is 0.162. The number of thiol groups is 1. The molecule has 0 fully saturated rings. The highest BCUT2D eigenvalue weighted by molar-refractivity contribution is 7.80. The number of anilines is 2. The largest absolute Gasteiger partial charge is 0.363 e. The molecule has 1 unspecified atom stereocenters. The van der Waals surface area contributed by atoms with E-state index < -0.39 is 0 Å². The molecule has 0 radical (unpaired) electrons. The number of nitrogens with two attached hydrogens (primary N) is 1. The summed E-state index contributed by atoms with van der Waals surface area (Å²) in [6, 6.07) is 5.94. The quantitative estimate of drug-likeness (QED) is 0.491. The van der Waals surface area contributed by atoms with Crippen LogP contribution in [0.1, 0.15) is 0 Å². The second-order valence-corrected chi connectivity index (χ2v) is 3.32. The van der Waals surface area contributed by atoms with Crippen LogP contribution in [-0.4, -0.2) is 12.7 Å². The summed E-state index contributed by atoms with van der Waals surface area (Å²) in [7, 11) is 0. The number of rotatable bonds is 1. The molecule has 0 aromatic heterocycles. The Morgan fingerprint density at radius 1 is 1.33 bits per heavy atom. The van der Waals surface area contributed by atoms with Crippen molar-refractivity contribution in [2.75, 3.05) is 17.2 Å². The van der Waals surface area contributed by atoms with Gasteiger partial charge in [-0.15, -0.1) is 12.6 Å². The molecular formula is C8H11N3S. The van der Waals surface area contributed by atoms with Gasteiger partial charge in [-0.25, -0.2) is 0 Å². The van der Waals surface area contributed by atoms with Gasteiger partial charge in [0.05, 0.1) is 11.4 Å². The number of benzene rings is 1. The maximum absolute atomic E-state index is 5.51. The highest BCUT2D eigenvalue weighted by atomic mass is 32.1. The molecule has 64 valence electrons. The molecule has 1 aliphatic heterocycles. The molecule has 0 saturated carbocycles. The van der Waals surface area contributed by atoms with E-state index in [2.05, 4.69) is 23.3 Å². The molecule has 2 rings (SSSR count). The molecule has 0 bridgehead atoms. The predicted molar refractivity (Wildman–Crippen MR) is 53.8 cm³/mol. The third-order valence-electron chi connectivity index (χ3n) is 1.90. The molecule has 1 aromatic rings. The lowest BCUT2D eigenvalue weighted by Gasteiger charge is -2.07. The van der Waals surface area contributed by atoms with E-state index >= 15 is 0 Å². The topological polar surface area (TPSA) is 50.1 Å². The van der Waals surface area contributed by atoms with Crippen molar-refractivity contribution in [3.8, 4) is 0 Å². The lowest BCUT2D eigenvalue weighted by atomic mass is 10.3. The fourth-order valence-corrected chi connectivity index (χ4v) is 1.51. The first-order valence-electron chi connectivity index (χ1n) is 3.86. The molecule has 3 nitrogen and oxygen atoms in total. The zero-order valence-corrected chi connectivity index (χ0v) is 7.44. The van der Waals surface area contributed by atoms with Crippen LogP contribution in [0.2, 0.25) is 0 Å². The number of fused-ring (bicyclic) bond motifs is 1. The van der Waals surface area contributed by atoms with Crippen molar-refractivity contribution in [3.05, 3.63) is 18.2 Å². The van der Waals surface area contributed by atoms with E-state index in [1.807, 2.05) is 18.2 Å². The molecular weight excluding hydrogens is 170 g/mol. The van der Waals surface area contributed by atoms with Crippen molar-refractivity contribution in [2.24, 2.45) is 5.73 Å². The van der Waals surface area contributed by atoms with Crippen LogP contribution >= 0.6 is 12.6 Å². The minimum absolute atomic E-state index is 0.162. The number of hydrogen-bond acceptors (Lipinski definition) is 4. The van der Waals surface area contributed by atoms with Gasteiger partial charge in [-0.05, 0) is 18.2 Å². The maximum atomic E-state index is 5.51. The van der Waals surface area contributed by atoms with Crippen LogP contribution in [0.25, 0.3) is 0 Å². The van der Waals surface area contributed by atoms with E-state index in [-0.39, 0.29) is 6.17 Å². The first-order valence-corrected chi connectivity index (χ1v) is 4.30. The summed E-state index contributed by atoms with van der Waals surface area (Å²) in [5.41, 5.74) is 7.69. The predicted octanol–water partition coefficient (Wildman–Crippen LogP) is 1.10. The van der Waals surface area contributed by atoms with Gasteiger partial charge >= 0.3 is 0 Å². The smallest absolute Gasteiger partial charge is 0.109 e. The van der Waals surface area contributed by atoms with E-state index in [1.165, 1.54) is 0 Å². The average molecular weight is 181 g/mol. The van der Waals surface area contributed by atoms with Gasteiger partial charge in [-0.2, -0.15) is 0 Å². The molecule has 4 N–H and O–H groups in total. The molecule has 1 atom stereocenters. The van der Waals surface area contributed by atoms with Gasteiger partial charge in [-0.3, -0.25) is 0 Å². The average Bonchev–Trinajstić information content (AvgIpc) is 2.46. The SMILES string of the molecule is NCC1Nc2ccc(S)cc2N1. The fraction of sp³-hybridized carbons (Fsp3) is 0.250. The molecule has 0 saturated heterocycles. The van der Waals surface area contributed by atoms with Crippen LogP contribution in [0, 0.1) is 0 Å². The summed E-state index contributed by atoms with van der Waals surface area (Å²) < 4.78 is 0. The monoisotopic (exact) mass is 181 g/mol. The first-order chi connectivity index (χ1) is 5.79. The van der Waals surface area contributed by atoms with Crippen molar-refractivity contribution in [3.63, 3.8) is 0 Å². The fourth-order valence-electron chi connectivity index (χ4n) is 1.31. The van der Waals surface area contributed by atoms with Gasteiger partial charge in [-0.1, -0.05) is 0 Å². The molecule has 12 heavy (non-hydrogen) atoms. The van der Waals surface area contributed by atoms with Crippen molar-refractivity contribution < 1.29 is 0 Å². The van der Waals surface area contributed by atoms with Crippen LogP contribution in [0.5, 0.6) is 0 Å². The minimum Gasteiger partial charge on any atom is -0.363 e. The molecule has 0 amide bonds. The van der Waals surface area contributed by atoms with Gasteiger partial charge in [0.2, 0.25) is 0 Å². The molecule has 4 heteroatoms. The normalized spacial score (nSPS) is 19.7. The highest BCUT2D eigenvalue weighted by Crippen LogP contribution is 2.30. The van der Waals surface area contributed by atoms with Gasteiger partial charge in [0.25, 0.3) is 0 Å². The molecule has 1 aromatic carbocycles. The van der Waals surface area contributed by atoms with E-state index in [9.17, 15) is 0 Å². The summed E-state index contributed by atoms with van der Waals surface area (Å²) in [6.07, 6.45) is 0.162.